The molecule has 0 aliphatic rings. The van der Waals surface area contributed by atoms with Gasteiger partial charge in [-0.15, -0.1) is 0 Å². The number of carbonyl (C=O) groups is 3. The Bertz CT molecular complexity index is 758. The van der Waals surface area contributed by atoms with Crippen LogP contribution >= 0.6 is 0 Å². The highest BCUT2D eigenvalue weighted by Gasteiger charge is 2.34. The number of ether oxygens (including phenoxy) is 1. The van der Waals surface area contributed by atoms with Gasteiger partial charge in [-0.3, -0.25) is 9.59 Å². The summed E-state index contributed by atoms with van der Waals surface area (Å²) in [6.07, 6.45) is 31.0. The number of aliphatic hydroxyl groups is 2. The van der Waals surface area contributed by atoms with Crippen LogP contribution in [0.2, 0.25) is 0 Å². The van der Waals surface area contributed by atoms with Gasteiger partial charge in [-0.25, -0.2) is 4.79 Å². The van der Waals surface area contributed by atoms with Gasteiger partial charge in [0.05, 0.1) is 13.2 Å². The molecule has 1 atom stereocenters. The molecule has 0 aliphatic heterocycles. The minimum absolute atomic E-state index is 0.149. The van der Waals surface area contributed by atoms with E-state index < -0.39 is 30.8 Å². The third kappa shape index (κ3) is 27.2. The second-order valence-electron chi connectivity index (χ2n) is 14.3. The predicted molar refractivity (Wildman–Crippen MR) is 199 cm³/mol. The Kier molecular flexibility index (Phi) is 32.6. The molecule has 0 aromatic rings. The number of carbonyl (C=O) groups excluding carboxylic acids is 3. The van der Waals surface area contributed by atoms with Gasteiger partial charge >= 0.3 is 5.97 Å². The summed E-state index contributed by atoms with van der Waals surface area (Å²) in [5, 5.41) is 25.8. The summed E-state index contributed by atoms with van der Waals surface area (Å²) in [5.41, 5.74) is -1.46. The van der Waals surface area contributed by atoms with Crippen LogP contribution in [0.3, 0.4) is 0 Å². The van der Waals surface area contributed by atoms with Crippen LogP contribution in [-0.2, 0) is 19.1 Å². The summed E-state index contributed by atoms with van der Waals surface area (Å²) < 4.78 is 5.58. The standard InChI is InChI=1S/C40H78N2O6/c1-4-7-10-13-16-19-22-25-28-31-37(45)41-36(30-27-24-21-18-15-12-9-6-3)39(47)48-35-40(33-43,34-44)42-38(46)32-29-26-23-20-17-14-11-8-5-2/h36,43-44H,4-35H2,1-3H3,(H,41,45)(H,42,46). The van der Waals surface area contributed by atoms with Crippen LogP contribution in [0.25, 0.3) is 0 Å². The Labute approximate surface area is 295 Å². The molecule has 48 heavy (non-hydrogen) atoms. The number of aliphatic hydroxyl groups excluding tert-OH is 2. The summed E-state index contributed by atoms with van der Waals surface area (Å²) in [5.74, 6) is -1.01. The van der Waals surface area contributed by atoms with Crippen molar-refractivity contribution in [1.82, 2.24) is 10.6 Å². The van der Waals surface area contributed by atoms with Crippen LogP contribution in [0.15, 0.2) is 0 Å². The number of nitrogens with one attached hydrogen (secondary N) is 2. The normalized spacial score (nSPS) is 12.2. The lowest BCUT2D eigenvalue weighted by molar-refractivity contribution is -0.152. The number of unbranched alkanes of at least 4 members (excludes halogenated alkanes) is 23. The molecule has 4 N–H and O–H groups in total. The van der Waals surface area contributed by atoms with E-state index in [2.05, 4.69) is 31.4 Å². The van der Waals surface area contributed by atoms with Crippen LogP contribution in [-0.4, -0.2) is 59.4 Å². The van der Waals surface area contributed by atoms with E-state index in [1.807, 2.05) is 0 Å². The second kappa shape index (κ2) is 33.8. The van der Waals surface area contributed by atoms with E-state index in [1.165, 1.54) is 109 Å². The number of hydrogen-bond acceptors (Lipinski definition) is 6. The Morgan fingerprint density at radius 1 is 0.521 bits per heavy atom. The van der Waals surface area contributed by atoms with Gasteiger partial charge in [-0.1, -0.05) is 175 Å². The van der Waals surface area contributed by atoms with Gasteiger partial charge < -0.3 is 25.6 Å². The monoisotopic (exact) mass is 683 g/mol. The van der Waals surface area contributed by atoms with Crippen molar-refractivity contribution < 1.29 is 29.3 Å². The fourth-order valence-corrected chi connectivity index (χ4v) is 6.11. The van der Waals surface area contributed by atoms with Gasteiger partial charge in [0.15, 0.2) is 0 Å². The summed E-state index contributed by atoms with van der Waals surface area (Å²) in [7, 11) is 0. The van der Waals surface area contributed by atoms with Crippen molar-refractivity contribution in [2.75, 3.05) is 19.8 Å². The molecule has 8 nitrogen and oxygen atoms in total. The first-order valence-corrected chi connectivity index (χ1v) is 20.4. The van der Waals surface area contributed by atoms with Crippen molar-refractivity contribution in [3.8, 4) is 0 Å². The van der Waals surface area contributed by atoms with E-state index in [0.29, 0.717) is 19.3 Å². The highest BCUT2D eigenvalue weighted by atomic mass is 16.5. The fourth-order valence-electron chi connectivity index (χ4n) is 6.11. The van der Waals surface area contributed by atoms with Gasteiger partial charge in [-0.2, -0.15) is 0 Å². The third-order valence-corrected chi connectivity index (χ3v) is 9.48. The molecular formula is C40H78N2O6. The molecule has 2 amide bonds. The predicted octanol–water partition coefficient (Wildman–Crippen LogP) is 9.23. The van der Waals surface area contributed by atoms with E-state index >= 15 is 0 Å². The maximum atomic E-state index is 13.2. The third-order valence-electron chi connectivity index (χ3n) is 9.48. The lowest BCUT2D eigenvalue weighted by Gasteiger charge is -2.31. The van der Waals surface area contributed by atoms with E-state index in [1.54, 1.807) is 0 Å². The summed E-state index contributed by atoms with van der Waals surface area (Å²) in [6, 6.07) is -0.788. The molecule has 0 fully saturated rings. The molecular weight excluding hydrogens is 604 g/mol. The summed E-state index contributed by atoms with van der Waals surface area (Å²) >= 11 is 0. The highest BCUT2D eigenvalue weighted by Crippen LogP contribution is 2.15. The van der Waals surface area contributed by atoms with Crippen molar-refractivity contribution in [2.45, 2.75) is 219 Å². The first-order valence-electron chi connectivity index (χ1n) is 20.4. The first-order chi connectivity index (χ1) is 23.4. The quantitative estimate of drug-likeness (QED) is 0.0386. The highest BCUT2D eigenvalue weighted by molar-refractivity contribution is 5.84. The van der Waals surface area contributed by atoms with Crippen molar-refractivity contribution in [3.63, 3.8) is 0 Å². The maximum absolute atomic E-state index is 13.2. The minimum atomic E-state index is -1.46. The number of rotatable bonds is 36. The summed E-state index contributed by atoms with van der Waals surface area (Å²) in [6.45, 7) is 5.17. The van der Waals surface area contributed by atoms with E-state index in [4.69, 9.17) is 4.74 Å². The van der Waals surface area contributed by atoms with Crippen molar-refractivity contribution >= 4 is 17.8 Å². The van der Waals surface area contributed by atoms with E-state index in [-0.39, 0.29) is 18.4 Å². The SMILES string of the molecule is CCCCCCCCCCCC(=O)NC(CCCCCCCCCC)C(=O)OCC(CO)(CO)NC(=O)CCCCCCCCCCC. The average molecular weight is 683 g/mol. The number of amides is 2. The zero-order valence-corrected chi connectivity index (χ0v) is 31.7. The minimum Gasteiger partial charge on any atom is -0.461 e. The van der Waals surface area contributed by atoms with E-state index in [0.717, 1.165) is 57.8 Å². The van der Waals surface area contributed by atoms with Gasteiger partial charge in [-0.05, 0) is 19.3 Å². The number of esters is 1. The van der Waals surface area contributed by atoms with Crippen LogP contribution in [0.1, 0.15) is 207 Å². The molecule has 0 aliphatic carbocycles. The van der Waals surface area contributed by atoms with Crippen molar-refractivity contribution in [2.24, 2.45) is 0 Å². The molecule has 0 aromatic carbocycles. The number of hydrogen-bond donors (Lipinski definition) is 4. The molecule has 1 unspecified atom stereocenters. The van der Waals surface area contributed by atoms with Gasteiger partial charge in [0, 0.05) is 12.8 Å². The van der Waals surface area contributed by atoms with Crippen molar-refractivity contribution in [1.29, 1.82) is 0 Å². The zero-order valence-electron chi connectivity index (χ0n) is 31.7. The Balaban J connectivity index is 4.81. The van der Waals surface area contributed by atoms with Crippen LogP contribution < -0.4 is 10.6 Å². The van der Waals surface area contributed by atoms with Crippen LogP contribution in [0.4, 0.5) is 0 Å². The zero-order chi connectivity index (χ0) is 35.6. The Morgan fingerprint density at radius 2 is 0.875 bits per heavy atom. The largest absolute Gasteiger partial charge is 0.461 e. The topological polar surface area (TPSA) is 125 Å². The molecule has 0 saturated carbocycles. The van der Waals surface area contributed by atoms with Crippen molar-refractivity contribution in [3.05, 3.63) is 0 Å². The Morgan fingerprint density at radius 3 is 1.27 bits per heavy atom. The molecule has 0 saturated heterocycles. The molecule has 0 rings (SSSR count). The van der Waals surface area contributed by atoms with Gasteiger partial charge in [0.2, 0.25) is 11.8 Å². The molecule has 0 radical (unpaired) electrons. The molecule has 8 heteroatoms. The lowest BCUT2D eigenvalue weighted by atomic mass is 10.0. The molecule has 284 valence electrons. The molecule has 0 heterocycles. The molecule has 0 aromatic heterocycles. The molecule has 0 bridgehead atoms. The molecule has 0 spiro atoms. The first kappa shape index (κ1) is 46.3. The smallest absolute Gasteiger partial charge is 0.328 e. The lowest BCUT2D eigenvalue weighted by Crippen LogP contribution is -2.58. The average Bonchev–Trinajstić information content (AvgIpc) is 3.09. The maximum Gasteiger partial charge on any atom is 0.328 e. The van der Waals surface area contributed by atoms with Crippen LogP contribution in [0.5, 0.6) is 0 Å². The van der Waals surface area contributed by atoms with E-state index in [9.17, 15) is 24.6 Å². The summed E-state index contributed by atoms with van der Waals surface area (Å²) in [4.78, 5) is 38.8. The fraction of sp³-hybridized carbons (Fsp3) is 0.925. The second-order valence-corrected chi connectivity index (χ2v) is 14.3. The van der Waals surface area contributed by atoms with Crippen LogP contribution in [0, 0.1) is 0 Å². The van der Waals surface area contributed by atoms with Gasteiger partial charge in [0.25, 0.3) is 0 Å². The Hall–Kier alpha value is -1.67. The van der Waals surface area contributed by atoms with Gasteiger partial charge in [0.1, 0.15) is 18.2 Å².